The molecular formula is C14H18Cl2N4S. The normalized spacial score (nSPS) is 12.6. The van der Waals surface area contributed by atoms with Crippen molar-refractivity contribution in [3.8, 4) is 0 Å². The molecule has 0 aliphatic carbocycles. The van der Waals surface area contributed by atoms with Crippen LogP contribution in [0.4, 0.5) is 0 Å². The molecule has 0 saturated carbocycles. The molecule has 21 heavy (non-hydrogen) atoms. The van der Waals surface area contributed by atoms with Crippen molar-refractivity contribution in [3.63, 3.8) is 0 Å². The predicted octanol–water partition coefficient (Wildman–Crippen LogP) is 3.90. The number of nitrogens with zero attached hydrogens (tertiary/aromatic N) is 2. The van der Waals surface area contributed by atoms with Gasteiger partial charge in [0.25, 0.3) is 0 Å². The molecule has 3 N–H and O–H groups in total. The van der Waals surface area contributed by atoms with E-state index in [1.54, 1.807) is 18.0 Å². The first-order valence-corrected chi connectivity index (χ1v) is 8.45. The number of hydrazine groups is 1. The van der Waals surface area contributed by atoms with Crippen LogP contribution >= 0.6 is 35.0 Å². The lowest BCUT2D eigenvalue weighted by Crippen LogP contribution is -2.31. The molecule has 1 aromatic heterocycles. The minimum Gasteiger partial charge on any atom is -0.271 e. The highest BCUT2D eigenvalue weighted by molar-refractivity contribution is 7.99. The van der Waals surface area contributed by atoms with E-state index in [0.29, 0.717) is 5.02 Å². The topological polar surface area (TPSA) is 55.9 Å². The van der Waals surface area contributed by atoms with Crippen LogP contribution in [0.15, 0.2) is 35.4 Å². The molecule has 0 fully saturated rings. The zero-order valence-corrected chi connectivity index (χ0v) is 14.0. The molecular weight excluding hydrogens is 327 g/mol. The molecule has 0 radical (unpaired) electrons. The summed E-state index contributed by atoms with van der Waals surface area (Å²) in [4.78, 5) is 1.10. The third-order valence-electron chi connectivity index (χ3n) is 3.01. The summed E-state index contributed by atoms with van der Waals surface area (Å²) in [5, 5.41) is 5.67. The number of halogens is 2. The van der Waals surface area contributed by atoms with Crippen molar-refractivity contribution in [2.45, 2.75) is 30.8 Å². The number of aryl methyl sites for hydroxylation is 1. The summed E-state index contributed by atoms with van der Waals surface area (Å²) >= 11 is 13.9. The van der Waals surface area contributed by atoms with Crippen molar-refractivity contribution >= 4 is 35.0 Å². The van der Waals surface area contributed by atoms with Gasteiger partial charge in [-0.3, -0.25) is 16.0 Å². The fourth-order valence-corrected chi connectivity index (χ4v) is 3.58. The standard InChI is InChI=1S/C14H18Cl2N4S/c1-2-6-20-14(12(16)8-18-20)13(19-17)9-21-11-5-3-4-10(15)7-11/h3-5,7-8,13,19H,2,6,9,17H2,1H3. The Morgan fingerprint density at radius 1 is 1.43 bits per heavy atom. The van der Waals surface area contributed by atoms with E-state index < -0.39 is 0 Å². The van der Waals surface area contributed by atoms with E-state index in [0.717, 1.165) is 34.3 Å². The minimum absolute atomic E-state index is 0.0736. The van der Waals surface area contributed by atoms with Crippen LogP contribution in [-0.4, -0.2) is 15.5 Å². The monoisotopic (exact) mass is 344 g/mol. The summed E-state index contributed by atoms with van der Waals surface area (Å²) in [5.74, 6) is 6.44. The van der Waals surface area contributed by atoms with Crippen LogP contribution < -0.4 is 11.3 Å². The van der Waals surface area contributed by atoms with Crippen molar-refractivity contribution in [2.24, 2.45) is 5.84 Å². The van der Waals surface area contributed by atoms with Gasteiger partial charge in [0, 0.05) is 22.2 Å². The Bertz CT molecular complexity index is 588. The third-order valence-corrected chi connectivity index (χ3v) is 4.63. The number of thioether (sulfide) groups is 1. The first-order chi connectivity index (χ1) is 10.2. The number of rotatable bonds is 7. The smallest absolute Gasteiger partial charge is 0.0834 e. The van der Waals surface area contributed by atoms with Gasteiger partial charge in [0.1, 0.15) is 0 Å². The number of aromatic nitrogens is 2. The molecule has 0 aliphatic heterocycles. The summed E-state index contributed by atoms with van der Waals surface area (Å²) in [7, 11) is 0. The van der Waals surface area contributed by atoms with Gasteiger partial charge in [-0.1, -0.05) is 36.2 Å². The Morgan fingerprint density at radius 2 is 2.24 bits per heavy atom. The molecule has 4 nitrogen and oxygen atoms in total. The van der Waals surface area contributed by atoms with Crippen LogP contribution in [0.1, 0.15) is 25.1 Å². The summed E-state index contributed by atoms with van der Waals surface area (Å²) < 4.78 is 1.91. The van der Waals surface area contributed by atoms with Gasteiger partial charge < -0.3 is 0 Å². The lowest BCUT2D eigenvalue weighted by Gasteiger charge is -2.18. The first-order valence-electron chi connectivity index (χ1n) is 6.71. The molecule has 1 aromatic carbocycles. The van der Waals surface area contributed by atoms with Gasteiger partial charge >= 0.3 is 0 Å². The average molecular weight is 345 g/mol. The summed E-state index contributed by atoms with van der Waals surface area (Å²) in [6.07, 6.45) is 2.66. The van der Waals surface area contributed by atoms with Gasteiger partial charge in [-0.2, -0.15) is 5.10 Å². The lowest BCUT2D eigenvalue weighted by atomic mass is 10.2. The number of nitrogens with one attached hydrogen (secondary N) is 1. The van der Waals surface area contributed by atoms with Crippen LogP contribution in [0.3, 0.4) is 0 Å². The van der Waals surface area contributed by atoms with E-state index in [1.807, 2.05) is 28.9 Å². The lowest BCUT2D eigenvalue weighted by molar-refractivity contribution is 0.509. The van der Waals surface area contributed by atoms with Crippen LogP contribution in [0.25, 0.3) is 0 Å². The van der Waals surface area contributed by atoms with Crippen molar-refractivity contribution < 1.29 is 0 Å². The second-order valence-electron chi connectivity index (χ2n) is 4.59. The quantitative estimate of drug-likeness (QED) is 0.454. The number of hydrogen-bond acceptors (Lipinski definition) is 4. The zero-order chi connectivity index (χ0) is 15.2. The molecule has 2 aromatic rings. The Balaban J connectivity index is 2.11. The predicted molar refractivity (Wildman–Crippen MR) is 89.8 cm³/mol. The number of nitrogens with two attached hydrogens (primary N) is 1. The fourth-order valence-electron chi connectivity index (χ4n) is 2.05. The molecule has 1 heterocycles. The third kappa shape index (κ3) is 4.37. The van der Waals surface area contributed by atoms with Crippen molar-refractivity contribution in [1.82, 2.24) is 15.2 Å². The maximum absolute atomic E-state index is 6.25. The van der Waals surface area contributed by atoms with Gasteiger partial charge in [0.05, 0.1) is 23.0 Å². The maximum Gasteiger partial charge on any atom is 0.0834 e. The van der Waals surface area contributed by atoms with Crippen molar-refractivity contribution in [1.29, 1.82) is 0 Å². The van der Waals surface area contributed by atoms with Crippen molar-refractivity contribution in [3.05, 3.63) is 46.2 Å². The van der Waals surface area contributed by atoms with E-state index in [4.69, 9.17) is 29.0 Å². The van der Waals surface area contributed by atoms with Gasteiger partial charge in [-0.15, -0.1) is 11.8 Å². The number of hydrogen-bond donors (Lipinski definition) is 2. The van der Waals surface area contributed by atoms with Crippen molar-refractivity contribution in [2.75, 3.05) is 5.75 Å². The molecule has 7 heteroatoms. The second kappa shape index (κ2) is 8.06. The van der Waals surface area contributed by atoms with Crippen LogP contribution in [0.5, 0.6) is 0 Å². The molecule has 114 valence electrons. The van der Waals surface area contributed by atoms with E-state index in [9.17, 15) is 0 Å². The van der Waals surface area contributed by atoms with E-state index in [-0.39, 0.29) is 6.04 Å². The van der Waals surface area contributed by atoms with E-state index in [1.165, 1.54) is 0 Å². The van der Waals surface area contributed by atoms with Gasteiger partial charge in [-0.05, 0) is 24.6 Å². The van der Waals surface area contributed by atoms with Gasteiger partial charge in [0.2, 0.25) is 0 Å². The highest BCUT2D eigenvalue weighted by Crippen LogP contribution is 2.29. The van der Waals surface area contributed by atoms with Crippen LogP contribution in [0, 0.1) is 0 Å². The SMILES string of the molecule is CCCn1ncc(Cl)c1C(CSc1cccc(Cl)c1)NN. The van der Waals surface area contributed by atoms with Crippen LogP contribution in [-0.2, 0) is 6.54 Å². The van der Waals surface area contributed by atoms with Crippen LogP contribution in [0.2, 0.25) is 10.0 Å². The highest BCUT2D eigenvalue weighted by atomic mass is 35.5. The Hall–Kier alpha value is -0.720. The highest BCUT2D eigenvalue weighted by Gasteiger charge is 2.19. The van der Waals surface area contributed by atoms with Gasteiger partial charge in [-0.25, -0.2) is 0 Å². The molecule has 1 unspecified atom stereocenters. The Kier molecular flexibility index (Phi) is 6.39. The van der Waals surface area contributed by atoms with E-state index >= 15 is 0 Å². The minimum atomic E-state index is -0.0736. The van der Waals surface area contributed by atoms with E-state index in [2.05, 4.69) is 17.4 Å². The van der Waals surface area contributed by atoms with Gasteiger partial charge in [0.15, 0.2) is 0 Å². The largest absolute Gasteiger partial charge is 0.271 e. The second-order valence-corrected chi connectivity index (χ2v) is 6.53. The maximum atomic E-state index is 6.25. The molecule has 0 spiro atoms. The average Bonchev–Trinajstić information content (AvgIpc) is 2.82. The molecule has 1 atom stereocenters. The Morgan fingerprint density at radius 3 is 2.90 bits per heavy atom. The Labute approximate surface area is 139 Å². The zero-order valence-electron chi connectivity index (χ0n) is 11.7. The molecule has 2 rings (SSSR count). The first kappa shape index (κ1) is 16.6. The summed E-state index contributed by atoms with van der Waals surface area (Å²) in [6.45, 7) is 2.92. The fraction of sp³-hybridized carbons (Fsp3) is 0.357. The number of benzene rings is 1. The summed E-state index contributed by atoms with van der Waals surface area (Å²) in [5.41, 5.74) is 3.76. The molecule has 0 amide bonds. The molecule has 0 aliphatic rings. The molecule has 0 bridgehead atoms. The summed E-state index contributed by atoms with van der Waals surface area (Å²) in [6, 6.07) is 7.68. The molecule has 0 saturated heterocycles.